The fourth-order valence-electron chi connectivity index (χ4n) is 0.905. The van der Waals surface area contributed by atoms with E-state index >= 15 is 0 Å². The first-order valence-electron chi connectivity index (χ1n) is 3.63. The van der Waals surface area contributed by atoms with E-state index in [-0.39, 0.29) is 18.1 Å². The van der Waals surface area contributed by atoms with Crippen molar-refractivity contribution in [1.29, 1.82) is 0 Å². The smallest absolute Gasteiger partial charge is 0.0806 e. The maximum atomic E-state index is 8.76. The van der Waals surface area contributed by atoms with Gasteiger partial charge in [0.15, 0.2) is 0 Å². The predicted molar refractivity (Wildman–Crippen MR) is 42.0 cm³/mol. The van der Waals surface area contributed by atoms with Crippen molar-refractivity contribution in [1.82, 2.24) is 0 Å². The third kappa shape index (κ3) is 4.77. The SMILES string of the molecule is CO[C@@H](CO)CC(C)(C)C. The van der Waals surface area contributed by atoms with Crippen molar-refractivity contribution in [3.05, 3.63) is 0 Å². The third-order valence-corrected chi connectivity index (χ3v) is 1.38. The quantitative estimate of drug-likeness (QED) is 0.652. The molecule has 0 spiro atoms. The number of aliphatic hydroxyl groups is 1. The van der Waals surface area contributed by atoms with Crippen LogP contribution in [0, 0.1) is 5.41 Å². The van der Waals surface area contributed by atoms with Crippen LogP contribution in [0.25, 0.3) is 0 Å². The van der Waals surface area contributed by atoms with E-state index in [4.69, 9.17) is 9.84 Å². The summed E-state index contributed by atoms with van der Waals surface area (Å²) in [5.74, 6) is 0. The summed E-state index contributed by atoms with van der Waals surface area (Å²) in [7, 11) is 1.63. The van der Waals surface area contributed by atoms with Gasteiger partial charge in [-0.15, -0.1) is 0 Å². The van der Waals surface area contributed by atoms with Crippen molar-refractivity contribution in [2.24, 2.45) is 5.41 Å². The summed E-state index contributed by atoms with van der Waals surface area (Å²) in [4.78, 5) is 0. The van der Waals surface area contributed by atoms with Crippen molar-refractivity contribution >= 4 is 0 Å². The van der Waals surface area contributed by atoms with E-state index in [2.05, 4.69) is 20.8 Å². The first kappa shape index (κ1) is 9.92. The summed E-state index contributed by atoms with van der Waals surface area (Å²) in [5.41, 5.74) is 0.239. The number of ether oxygens (including phenoxy) is 1. The minimum atomic E-state index is -0.000000000000000444. The molecule has 1 atom stereocenters. The second kappa shape index (κ2) is 3.94. The zero-order chi connectivity index (χ0) is 8.20. The standard InChI is InChI=1S/C8H18O2/c1-8(2,3)5-7(6-9)10-4/h7,9H,5-6H2,1-4H3/t7-/m1/s1. The van der Waals surface area contributed by atoms with Crippen LogP contribution in [-0.4, -0.2) is 24.9 Å². The van der Waals surface area contributed by atoms with Gasteiger partial charge in [0.2, 0.25) is 0 Å². The second-order valence-electron chi connectivity index (χ2n) is 3.81. The van der Waals surface area contributed by atoms with E-state index in [1.807, 2.05) is 0 Å². The monoisotopic (exact) mass is 146 g/mol. The Bertz CT molecular complexity index is 79.7. The Hall–Kier alpha value is -0.0800. The molecule has 0 radical (unpaired) electrons. The molecule has 0 aliphatic heterocycles. The fraction of sp³-hybridized carbons (Fsp3) is 1.00. The van der Waals surface area contributed by atoms with Gasteiger partial charge in [-0.1, -0.05) is 20.8 Å². The molecule has 2 heteroatoms. The highest BCUT2D eigenvalue weighted by atomic mass is 16.5. The van der Waals surface area contributed by atoms with Gasteiger partial charge in [0.05, 0.1) is 12.7 Å². The molecule has 0 aromatic rings. The van der Waals surface area contributed by atoms with E-state index in [1.165, 1.54) is 0 Å². The Kier molecular flexibility index (Phi) is 3.91. The average Bonchev–Trinajstić information content (AvgIpc) is 1.81. The van der Waals surface area contributed by atoms with Crippen molar-refractivity contribution in [3.8, 4) is 0 Å². The van der Waals surface area contributed by atoms with Gasteiger partial charge in [0.25, 0.3) is 0 Å². The van der Waals surface area contributed by atoms with Crippen molar-refractivity contribution in [3.63, 3.8) is 0 Å². The molecule has 0 rings (SSSR count). The maximum absolute atomic E-state index is 8.76. The molecule has 0 aromatic heterocycles. The highest BCUT2D eigenvalue weighted by Crippen LogP contribution is 2.21. The Morgan fingerprint density at radius 3 is 2.00 bits per heavy atom. The molecule has 0 fully saturated rings. The summed E-state index contributed by atoms with van der Waals surface area (Å²) in [6.45, 7) is 6.52. The minimum absolute atomic E-state index is 0.000000000000000444. The molecular weight excluding hydrogens is 128 g/mol. The third-order valence-electron chi connectivity index (χ3n) is 1.38. The van der Waals surface area contributed by atoms with Crippen LogP contribution in [-0.2, 0) is 4.74 Å². The van der Waals surface area contributed by atoms with Crippen LogP contribution in [0.4, 0.5) is 0 Å². The largest absolute Gasteiger partial charge is 0.394 e. The summed E-state index contributed by atoms with van der Waals surface area (Å²) < 4.78 is 5.03. The summed E-state index contributed by atoms with van der Waals surface area (Å²) >= 11 is 0. The summed E-state index contributed by atoms with van der Waals surface area (Å²) in [6, 6.07) is 0. The first-order chi connectivity index (χ1) is 4.49. The maximum Gasteiger partial charge on any atom is 0.0806 e. The lowest BCUT2D eigenvalue weighted by Crippen LogP contribution is -2.22. The first-order valence-corrected chi connectivity index (χ1v) is 3.63. The van der Waals surface area contributed by atoms with Crippen LogP contribution in [0.2, 0.25) is 0 Å². The van der Waals surface area contributed by atoms with E-state index < -0.39 is 0 Å². The number of hydrogen-bond donors (Lipinski definition) is 1. The van der Waals surface area contributed by atoms with Crippen molar-refractivity contribution in [2.75, 3.05) is 13.7 Å². The Labute approximate surface area is 63.2 Å². The van der Waals surface area contributed by atoms with E-state index in [0.29, 0.717) is 0 Å². The highest BCUT2D eigenvalue weighted by molar-refractivity contribution is 4.67. The van der Waals surface area contributed by atoms with Crippen LogP contribution >= 0.6 is 0 Å². The van der Waals surface area contributed by atoms with E-state index in [0.717, 1.165) is 6.42 Å². The van der Waals surface area contributed by atoms with Gasteiger partial charge in [-0.05, 0) is 11.8 Å². The average molecular weight is 146 g/mol. The van der Waals surface area contributed by atoms with Gasteiger partial charge < -0.3 is 9.84 Å². The molecule has 0 aromatic carbocycles. The Balaban J connectivity index is 3.63. The van der Waals surface area contributed by atoms with Crippen molar-refractivity contribution < 1.29 is 9.84 Å². The summed E-state index contributed by atoms with van der Waals surface area (Å²) in [5, 5.41) is 8.76. The molecule has 0 heterocycles. The predicted octanol–water partition coefficient (Wildman–Crippen LogP) is 1.43. The zero-order valence-electron chi connectivity index (χ0n) is 7.35. The second-order valence-corrected chi connectivity index (χ2v) is 3.81. The Morgan fingerprint density at radius 1 is 1.40 bits per heavy atom. The topological polar surface area (TPSA) is 29.5 Å². The molecule has 0 amide bonds. The lowest BCUT2D eigenvalue weighted by molar-refractivity contribution is 0.0216. The minimum Gasteiger partial charge on any atom is -0.394 e. The number of hydrogen-bond acceptors (Lipinski definition) is 2. The van der Waals surface area contributed by atoms with Crippen LogP contribution in [0.1, 0.15) is 27.2 Å². The van der Waals surface area contributed by atoms with Gasteiger partial charge in [0, 0.05) is 7.11 Å². The van der Waals surface area contributed by atoms with Gasteiger partial charge in [-0.3, -0.25) is 0 Å². The number of aliphatic hydroxyl groups excluding tert-OH is 1. The lowest BCUT2D eigenvalue weighted by Gasteiger charge is -2.23. The molecular formula is C8H18O2. The van der Waals surface area contributed by atoms with Crippen LogP contribution in [0.15, 0.2) is 0 Å². The van der Waals surface area contributed by atoms with Gasteiger partial charge >= 0.3 is 0 Å². The molecule has 2 nitrogen and oxygen atoms in total. The fourth-order valence-corrected chi connectivity index (χ4v) is 0.905. The van der Waals surface area contributed by atoms with Gasteiger partial charge in [0.1, 0.15) is 0 Å². The van der Waals surface area contributed by atoms with E-state index in [1.54, 1.807) is 7.11 Å². The number of rotatable bonds is 3. The molecule has 0 unspecified atom stereocenters. The summed E-state index contributed by atoms with van der Waals surface area (Å²) in [6.07, 6.45) is 0.903. The molecule has 0 saturated carbocycles. The lowest BCUT2D eigenvalue weighted by atomic mass is 9.89. The molecule has 0 bridgehead atoms. The van der Waals surface area contributed by atoms with Crippen molar-refractivity contribution in [2.45, 2.75) is 33.3 Å². The van der Waals surface area contributed by atoms with Gasteiger partial charge in [-0.25, -0.2) is 0 Å². The molecule has 0 saturated heterocycles. The Morgan fingerprint density at radius 2 is 1.90 bits per heavy atom. The molecule has 0 aliphatic rings. The number of methoxy groups -OCH3 is 1. The van der Waals surface area contributed by atoms with Crippen LogP contribution < -0.4 is 0 Å². The normalized spacial score (nSPS) is 15.3. The zero-order valence-corrected chi connectivity index (χ0v) is 7.35. The van der Waals surface area contributed by atoms with Crippen LogP contribution in [0.3, 0.4) is 0 Å². The molecule has 62 valence electrons. The van der Waals surface area contributed by atoms with Gasteiger partial charge in [-0.2, -0.15) is 0 Å². The van der Waals surface area contributed by atoms with E-state index in [9.17, 15) is 0 Å². The van der Waals surface area contributed by atoms with Crippen LogP contribution in [0.5, 0.6) is 0 Å². The highest BCUT2D eigenvalue weighted by Gasteiger charge is 2.16. The molecule has 1 N–H and O–H groups in total. The molecule has 0 aliphatic carbocycles. The molecule has 10 heavy (non-hydrogen) atoms.